The van der Waals surface area contributed by atoms with Crippen LogP contribution in [0.25, 0.3) is 0 Å². The molecule has 2 rings (SSSR count). The summed E-state index contributed by atoms with van der Waals surface area (Å²) >= 11 is 0. The van der Waals surface area contributed by atoms with Gasteiger partial charge in [0.15, 0.2) is 0 Å². The molecule has 0 bridgehead atoms. The van der Waals surface area contributed by atoms with E-state index in [1.807, 2.05) is 11.8 Å². The van der Waals surface area contributed by atoms with Gasteiger partial charge in [0.25, 0.3) is 0 Å². The van der Waals surface area contributed by atoms with Crippen LogP contribution in [-0.4, -0.2) is 49.1 Å². The molecule has 5 heteroatoms. The van der Waals surface area contributed by atoms with Crippen LogP contribution in [0.15, 0.2) is 0 Å². The number of rotatable bonds is 6. The number of hydrogen-bond acceptors (Lipinski definition) is 3. The van der Waals surface area contributed by atoms with E-state index >= 15 is 0 Å². The Labute approximate surface area is 140 Å². The number of hydrogen-bond donors (Lipinski definition) is 1. The molecule has 0 aromatic carbocycles. The van der Waals surface area contributed by atoms with Crippen LogP contribution in [0.5, 0.6) is 0 Å². The van der Waals surface area contributed by atoms with Gasteiger partial charge in [-0.1, -0.05) is 13.8 Å². The lowest BCUT2D eigenvalue weighted by Gasteiger charge is -2.35. The number of likely N-dealkylation sites (tertiary alicyclic amines) is 1. The molecule has 0 spiro atoms. The van der Waals surface area contributed by atoms with Crippen LogP contribution in [0, 0.1) is 11.8 Å². The largest absolute Gasteiger partial charge is 0.381 e. The summed E-state index contributed by atoms with van der Waals surface area (Å²) in [7, 11) is 0. The van der Waals surface area contributed by atoms with E-state index in [4.69, 9.17) is 4.74 Å². The van der Waals surface area contributed by atoms with Crippen LogP contribution < -0.4 is 5.32 Å². The van der Waals surface area contributed by atoms with Crippen molar-refractivity contribution in [2.24, 2.45) is 11.8 Å². The minimum Gasteiger partial charge on any atom is -0.381 e. The zero-order valence-electron chi connectivity index (χ0n) is 14.7. The fraction of sp³-hybridized carbons (Fsp3) is 0.889. The molecule has 0 radical (unpaired) electrons. The monoisotopic (exact) mass is 324 g/mol. The first-order valence-corrected chi connectivity index (χ1v) is 9.31. The highest BCUT2D eigenvalue weighted by Crippen LogP contribution is 2.23. The van der Waals surface area contributed by atoms with Crippen molar-refractivity contribution in [3.63, 3.8) is 0 Å². The third-order valence-corrected chi connectivity index (χ3v) is 5.21. The molecular weight excluding hydrogens is 292 g/mol. The molecule has 2 saturated heterocycles. The number of carbonyl (C=O) groups is 2. The molecule has 5 nitrogen and oxygen atoms in total. The van der Waals surface area contributed by atoms with E-state index in [0.717, 1.165) is 58.3 Å². The first kappa shape index (κ1) is 18.2. The molecule has 1 N–H and O–H groups in total. The second-order valence-electron chi connectivity index (χ2n) is 6.90. The highest BCUT2D eigenvalue weighted by atomic mass is 16.5. The first-order chi connectivity index (χ1) is 11.2. The van der Waals surface area contributed by atoms with E-state index in [1.54, 1.807) is 0 Å². The van der Waals surface area contributed by atoms with E-state index in [2.05, 4.69) is 12.2 Å². The van der Waals surface area contributed by atoms with Gasteiger partial charge >= 0.3 is 0 Å². The van der Waals surface area contributed by atoms with Crippen LogP contribution in [0.4, 0.5) is 0 Å². The van der Waals surface area contributed by atoms with Crippen molar-refractivity contribution >= 4 is 11.8 Å². The first-order valence-electron chi connectivity index (χ1n) is 9.31. The summed E-state index contributed by atoms with van der Waals surface area (Å²) in [4.78, 5) is 26.6. The van der Waals surface area contributed by atoms with Gasteiger partial charge in [-0.2, -0.15) is 0 Å². The maximum Gasteiger partial charge on any atom is 0.225 e. The molecule has 2 aliphatic rings. The lowest BCUT2D eigenvalue weighted by Crippen LogP contribution is -2.49. The predicted octanol–water partition coefficient (Wildman–Crippen LogP) is 2.35. The molecule has 2 fully saturated rings. The maximum absolute atomic E-state index is 12.7. The molecule has 2 amide bonds. The summed E-state index contributed by atoms with van der Waals surface area (Å²) in [5.41, 5.74) is 0. The number of carbonyl (C=O) groups excluding carboxylic acids is 2. The average molecular weight is 324 g/mol. The maximum atomic E-state index is 12.7. The Morgan fingerprint density at radius 2 is 1.96 bits per heavy atom. The second-order valence-corrected chi connectivity index (χ2v) is 6.90. The zero-order chi connectivity index (χ0) is 16.7. The Morgan fingerprint density at radius 1 is 1.22 bits per heavy atom. The van der Waals surface area contributed by atoms with Gasteiger partial charge in [-0.25, -0.2) is 0 Å². The lowest BCUT2D eigenvalue weighted by molar-refractivity contribution is -0.136. The Morgan fingerprint density at radius 3 is 2.61 bits per heavy atom. The van der Waals surface area contributed by atoms with Crippen molar-refractivity contribution in [2.75, 3.05) is 26.3 Å². The summed E-state index contributed by atoms with van der Waals surface area (Å²) in [6.45, 7) is 7.16. The molecule has 0 aromatic rings. The van der Waals surface area contributed by atoms with E-state index < -0.39 is 0 Å². The van der Waals surface area contributed by atoms with Crippen molar-refractivity contribution in [3.8, 4) is 0 Å². The third kappa shape index (κ3) is 5.20. The zero-order valence-corrected chi connectivity index (χ0v) is 14.7. The van der Waals surface area contributed by atoms with Crippen LogP contribution >= 0.6 is 0 Å². The van der Waals surface area contributed by atoms with Gasteiger partial charge in [-0.15, -0.1) is 0 Å². The highest BCUT2D eigenvalue weighted by molar-refractivity contribution is 5.81. The summed E-state index contributed by atoms with van der Waals surface area (Å²) in [6.07, 6.45) is 6.31. The Balaban J connectivity index is 1.86. The average Bonchev–Trinajstić information content (AvgIpc) is 2.60. The summed E-state index contributed by atoms with van der Waals surface area (Å²) in [5.74, 6) is 0.816. The van der Waals surface area contributed by atoms with Crippen LogP contribution in [-0.2, 0) is 14.3 Å². The van der Waals surface area contributed by atoms with E-state index in [9.17, 15) is 9.59 Å². The van der Waals surface area contributed by atoms with Crippen molar-refractivity contribution in [1.82, 2.24) is 10.2 Å². The number of ether oxygens (including phenoxy) is 1. The fourth-order valence-corrected chi connectivity index (χ4v) is 3.76. The van der Waals surface area contributed by atoms with Crippen LogP contribution in [0.2, 0.25) is 0 Å². The SMILES string of the molecule is CCCC(=O)N1CCC[C@@H](C(=O)N[C@@H](CC)C2CCOCC2)C1. The fourth-order valence-electron chi connectivity index (χ4n) is 3.76. The standard InChI is InChI=1S/C18H32N2O3/c1-3-6-17(21)20-10-5-7-15(13-20)18(22)19-16(4-2)14-8-11-23-12-9-14/h14-16H,3-13H2,1-2H3,(H,19,22)/t15-,16+/m1/s1. The van der Waals surface area contributed by atoms with Crippen molar-refractivity contribution < 1.29 is 14.3 Å². The number of nitrogens with one attached hydrogen (secondary N) is 1. The number of nitrogens with zero attached hydrogens (tertiary/aromatic N) is 1. The van der Waals surface area contributed by atoms with Gasteiger partial charge in [-0.3, -0.25) is 9.59 Å². The summed E-state index contributed by atoms with van der Waals surface area (Å²) in [6, 6.07) is 0.244. The molecule has 132 valence electrons. The molecule has 2 heterocycles. The Hall–Kier alpha value is -1.10. The molecule has 23 heavy (non-hydrogen) atoms. The number of piperidine rings is 1. The quantitative estimate of drug-likeness (QED) is 0.816. The second kappa shape index (κ2) is 9.26. The summed E-state index contributed by atoms with van der Waals surface area (Å²) < 4.78 is 5.42. The lowest BCUT2D eigenvalue weighted by atomic mass is 9.89. The molecule has 0 unspecified atom stereocenters. The predicted molar refractivity (Wildman–Crippen MR) is 90.0 cm³/mol. The van der Waals surface area contributed by atoms with E-state index in [-0.39, 0.29) is 23.8 Å². The van der Waals surface area contributed by atoms with Gasteiger partial charge in [0.1, 0.15) is 0 Å². The Bertz CT molecular complexity index is 394. The molecule has 2 aliphatic heterocycles. The third-order valence-electron chi connectivity index (χ3n) is 5.21. The van der Waals surface area contributed by atoms with Crippen molar-refractivity contribution in [1.29, 1.82) is 0 Å². The molecular formula is C18H32N2O3. The van der Waals surface area contributed by atoms with Crippen molar-refractivity contribution in [3.05, 3.63) is 0 Å². The molecule has 0 aromatic heterocycles. The van der Waals surface area contributed by atoms with E-state index in [1.165, 1.54) is 0 Å². The van der Waals surface area contributed by atoms with Gasteiger partial charge < -0.3 is 15.0 Å². The van der Waals surface area contributed by atoms with Gasteiger partial charge in [0.05, 0.1) is 5.92 Å². The van der Waals surface area contributed by atoms with Crippen molar-refractivity contribution in [2.45, 2.75) is 64.8 Å². The van der Waals surface area contributed by atoms with Gasteiger partial charge in [0.2, 0.25) is 11.8 Å². The van der Waals surface area contributed by atoms with Crippen LogP contribution in [0.1, 0.15) is 58.8 Å². The minimum absolute atomic E-state index is 0.0431. The van der Waals surface area contributed by atoms with Crippen LogP contribution in [0.3, 0.4) is 0 Å². The number of amides is 2. The van der Waals surface area contributed by atoms with Gasteiger partial charge in [-0.05, 0) is 44.4 Å². The topological polar surface area (TPSA) is 58.6 Å². The van der Waals surface area contributed by atoms with Gasteiger partial charge in [0, 0.05) is 38.8 Å². The Kier molecular flexibility index (Phi) is 7.34. The molecule has 2 atom stereocenters. The highest BCUT2D eigenvalue weighted by Gasteiger charge is 2.31. The van der Waals surface area contributed by atoms with E-state index in [0.29, 0.717) is 18.9 Å². The summed E-state index contributed by atoms with van der Waals surface area (Å²) in [5, 5.41) is 3.27. The smallest absolute Gasteiger partial charge is 0.225 e. The molecule has 0 saturated carbocycles. The minimum atomic E-state index is -0.0431. The normalized spacial score (nSPS) is 24.3. The molecule has 0 aliphatic carbocycles.